The number of nitrogens with zero attached hydrogens (tertiary/aromatic N) is 2. The topological polar surface area (TPSA) is 64.0 Å². The predicted octanol–water partition coefficient (Wildman–Crippen LogP) is 1.16. The van der Waals surface area contributed by atoms with Crippen LogP contribution in [0.25, 0.3) is 0 Å². The first kappa shape index (κ1) is 13.7. The summed E-state index contributed by atoms with van der Waals surface area (Å²) in [6.07, 6.45) is 0.249. The van der Waals surface area contributed by atoms with Gasteiger partial charge in [0.1, 0.15) is 11.0 Å². The first-order valence-electron chi connectivity index (χ1n) is 5.43. The molecule has 94 valence electrons. The summed E-state index contributed by atoms with van der Waals surface area (Å²) in [5.74, 6) is 0.569. The molecule has 1 aromatic rings. The van der Waals surface area contributed by atoms with E-state index in [9.17, 15) is 9.59 Å². The van der Waals surface area contributed by atoms with Crippen LogP contribution in [0.3, 0.4) is 0 Å². The molecule has 1 rings (SSSR count). The number of rotatable bonds is 4. The summed E-state index contributed by atoms with van der Waals surface area (Å²) in [5.41, 5.74) is -0.224. The average Bonchev–Trinajstić information content (AvgIpc) is 2.26. The molecule has 0 aliphatic heterocycles. The Morgan fingerprint density at radius 3 is 2.76 bits per heavy atom. The highest BCUT2D eigenvalue weighted by molar-refractivity contribution is 6.29. The Bertz CT molecular complexity index is 468. The van der Waals surface area contributed by atoms with Crippen molar-refractivity contribution >= 4 is 17.5 Å². The summed E-state index contributed by atoms with van der Waals surface area (Å²) in [7, 11) is 1.56. The molecule has 0 bridgehead atoms. The van der Waals surface area contributed by atoms with Gasteiger partial charge in [-0.3, -0.25) is 14.2 Å². The van der Waals surface area contributed by atoms with Crippen molar-refractivity contribution in [3.63, 3.8) is 0 Å². The Morgan fingerprint density at radius 1 is 1.59 bits per heavy atom. The van der Waals surface area contributed by atoms with Gasteiger partial charge in [0.25, 0.3) is 5.56 Å². The minimum absolute atomic E-state index is 0.0751. The van der Waals surface area contributed by atoms with Gasteiger partial charge in [0, 0.05) is 32.0 Å². The van der Waals surface area contributed by atoms with Crippen LogP contribution in [-0.2, 0) is 11.3 Å². The molecule has 0 aliphatic carbocycles. The number of nitrogens with one attached hydrogen (secondary N) is 1. The molecule has 0 saturated carbocycles. The molecule has 0 aliphatic rings. The lowest BCUT2D eigenvalue weighted by molar-refractivity contribution is -0.120. The van der Waals surface area contributed by atoms with Crippen molar-refractivity contribution in [1.29, 1.82) is 0 Å². The maximum atomic E-state index is 11.8. The number of carbonyl (C=O) groups is 1. The van der Waals surface area contributed by atoms with Crippen LogP contribution >= 0.6 is 11.6 Å². The Kier molecular flexibility index (Phi) is 4.69. The van der Waals surface area contributed by atoms with E-state index < -0.39 is 0 Å². The van der Waals surface area contributed by atoms with E-state index in [-0.39, 0.29) is 29.0 Å². The molecule has 1 amide bonds. The molecule has 1 N–H and O–H groups in total. The molecule has 0 atom stereocenters. The third-order valence-electron chi connectivity index (χ3n) is 2.36. The molecule has 1 heterocycles. The molecular weight excluding hydrogens is 242 g/mol. The lowest BCUT2D eigenvalue weighted by atomic mass is 10.2. The fourth-order valence-corrected chi connectivity index (χ4v) is 1.68. The van der Waals surface area contributed by atoms with Crippen LogP contribution in [0.2, 0.25) is 5.15 Å². The molecular formula is C11H16ClN3O2. The second kappa shape index (κ2) is 5.82. The zero-order chi connectivity index (χ0) is 13.0. The lowest BCUT2D eigenvalue weighted by Gasteiger charge is -2.14. The third-order valence-corrected chi connectivity index (χ3v) is 2.56. The first-order valence-corrected chi connectivity index (χ1v) is 5.81. The molecule has 17 heavy (non-hydrogen) atoms. The molecule has 0 unspecified atom stereocenters. The van der Waals surface area contributed by atoms with Gasteiger partial charge in [-0.15, -0.1) is 0 Å². The highest BCUT2D eigenvalue weighted by Crippen LogP contribution is 2.12. The van der Waals surface area contributed by atoms with Crippen LogP contribution in [0.1, 0.15) is 32.0 Å². The molecule has 5 nitrogen and oxygen atoms in total. The maximum absolute atomic E-state index is 11.8. The number of hydrogen-bond acceptors (Lipinski definition) is 3. The molecule has 6 heteroatoms. The van der Waals surface area contributed by atoms with E-state index in [1.54, 1.807) is 7.05 Å². The van der Waals surface area contributed by atoms with Gasteiger partial charge < -0.3 is 5.32 Å². The Hall–Kier alpha value is -1.36. The van der Waals surface area contributed by atoms with Gasteiger partial charge in [-0.2, -0.15) is 0 Å². The first-order chi connectivity index (χ1) is 7.95. The van der Waals surface area contributed by atoms with Crippen molar-refractivity contribution in [2.75, 3.05) is 7.05 Å². The third kappa shape index (κ3) is 3.56. The van der Waals surface area contributed by atoms with E-state index >= 15 is 0 Å². The normalized spacial score (nSPS) is 10.6. The van der Waals surface area contributed by atoms with Crippen molar-refractivity contribution in [2.24, 2.45) is 0 Å². The zero-order valence-corrected chi connectivity index (χ0v) is 10.9. The molecule has 0 saturated heterocycles. The van der Waals surface area contributed by atoms with Crippen molar-refractivity contribution in [3.8, 4) is 0 Å². The lowest BCUT2D eigenvalue weighted by Crippen LogP contribution is -2.28. The standard InChI is InChI=1S/C11H16ClN3O2/c1-7(2)11-14-8(12)6-10(17)15(11)5-4-9(16)13-3/h6-7H,4-5H2,1-3H3,(H,13,16). The minimum atomic E-state index is -0.224. The number of halogens is 1. The second-order valence-electron chi connectivity index (χ2n) is 4.00. The number of aromatic nitrogens is 2. The van der Waals surface area contributed by atoms with Crippen molar-refractivity contribution < 1.29 is 4.79 Å². The van der Waals surface area contributed by atoms with Gasteiger partial charge in [-0.1, -0.05) is 25.4 Å². The minimum Gasteiger partial charge on any atom is -0.359 e. The van der Waals surface area contributed by atoms with E-state index in [0.29, 0.717) is 12.4 Å². The summed E-state index contributed by atoms with van der Waals surface area (Å²) >= 11 is 5.75. The van der Waals surface area contributed by atoms with Crippen LogP contribution < -0.4 is 10.9 Å². The van der Waals surface area contributed by atoms with Crippen LogP contribution in [0.5, 0.6) is 0 Å². The smallest absolute Gasteiger partial charge is 0.255 e. The van der Waals surface area contributed by atoms with E-state index in [1.807, 2.05) is 13.8 Å². The quantitative estimate of drug-likeness (QED) is 0.824. The van der Waals surface area contributed by atoms with Gasteiger partial charge in [0.2, 0.25) is 5.91 Å². The Labute approximate surface area is 105 Å². The van der Waals surface area contributed by atoms with E-state index in [4.69, 9.17) is 11.6 Å². The van der Waals surface area contributed by atoms with Crippen LogP contribution in [0.4, 0.5) is 0 Å². The highest BCUT2D eigenvalue weighted by Gasteiger charge is 2.12. The van der Waals surface area contributed by atoms with Gasteiger partial charge >= 0.3 is 0 Å². The largest absolute Gasteiger partial charge is 0.359 e. The number of carbonyl (C=O) groups excluding carboxylic acids is 1. The van der Waals surface area contributed by atoms with Gasteiger partial charge in [0.05, 0.1) is 0 Å². The van der Waals surface area contributed by atoms with Crippen molar-refractivity contribution in [1.82, 2.24) is 14.9 Å². The Morgan fingerprint density at radius 2 is 2.24 bits per heavy atom. The maximum Gasteiger partial charge on any atom is 0.255 e. The van der Waals surface area contributed by atoms with E-state index in [0.717, 1.165) is 0 Å². The predicted molar refractivity (Wildman–Crippen MR) is 66.3 cm³/mol. The molecule has 1 aromatic heterocycles. The van der Waals surface area contributed by atoms with Crippen molar-refractivity contribution in [3.05, 3.63) is 27.4 Å². The monoisotopic (exact) mass is 257 g/mol. The van der Waals surface area contributed by atoms with Crippen LogP contribution in [-0.4, -0.2) is 22.5 Å². The zero-order valence-electron chi connectivity index (χ0n) is 10.2. The SMILES string of the molecule is CNC(=O)CCn1c(C(C)C)nc(Cl)cc1=O. The molecule has 0 fully saturated rings. The summed E-state index contributed by atoms with van der Waals surface area (Å²) < 4.78 is 1.49. The number of hydrogen-bond donors (Lipinski definition) is 1. The summed E-state index contributed by atoms with van der Waals surface area (Å²) in [6, 6.07) is 1.26. The van der Waals surface area contributed by atoms with Crippen molar-refractivity contribution in [2.45, 2.75) is 32.7 Å². The molecule has 0 aromatic carbocycles. The fraction of sp³-hybridized carbons (Fsp3) is 0.545. The summed E-state index contributed by atoms with van der Waals surface area (Å²) in [6.45, 7) is 4.17. The van der Waals surface area contributed by atoms with Gasteiger partial charge in [-0.05, 0) is 0 Å². The van der Waals surface area contributed by atoms with Gasteiger partial charge in [0.15, 0.2) is 0 Å². The number of amides is 1. The second-order valence-corrected chi connectivity index (χ2v) is 4.39. The Balaban J connectivity index is 3.04. The summed E-state index contributed by atoms with van der Waals surface area (Å²) in [5, 5.41) is 2.70. The van der Waals surface area contributed by atoms with Crippen LogP contribution in [0.15, 0.2) is 10.9 Å². The highest BCUT2D eigenvalue weighted by atomic mass is 35.5. The van der Waals surface area contributed by atoms with Gasteiger partial charge in [-0.25, -0.2) is 4.98 Å². The van der Waals surface area contributed by atoms with E-state index in [2.05, 4.69) is 10.3 Å². The molecule has 0 spiro atoms. The fourth-order valence-electron chi connectivity index (χ4n) is 1.50. The van der Waals surface area contributed by atoms with E-state index in [1.165, 1.54) is 10.6 Å². The van der Waals surface area contributed by atoms with Crippen LogP contribution in [0, 0.1) is 0 Å². The average molecular weight is 258 g/mol. The molecule has 0 radical (unpaired) electrons. The summed E-state index contributed by atoms with van der Waals surface area (Å²) in [4.78, 5) is 27.1.